The van der Waals surface area contributed by atoms with Gasteiger partial charge in [0.05, 0.1) is 5.69 Å². The Morgan fingerprint density at radius 2 is 2.10 bits per heavy atom. The standard InChI is InChI=1S/C15H21N5O/c1-11-10-14-15(16-6-9-20(14)17-11)19-7-4-13(5-8-19)18(3)12(2)21/h6,9-10,13H,4-5,7-8H2,1-3H3. The van der Waals surface area contributed by atoms with Crippen LogP contribution in [0.2, 0.25) is 0 Å². The molecule has 112 valence electrons. The van der Waals surface area contributed by atoms with Crippen molar-refractivity contribution in [2.75, 3.05) is 25.0 Å². The van der Waals surface area contributed by atoms with Crippen molar-refractivity contribution in [1.82, 2.24) is 19.5 Å². The molecule has 0 atom stereocenters. The van der Waals surface area contributed by atoms with Gasteiger partial charge in [-0.05, 0) is 25.8 Å². The average Bonchev–Trinajstić information content (AvgIpc) is 2.86. The van der Waals surface area contributed by atoms with E-state index in [1.54, 1.807) is 13.1 Å². The van der Waals surface area contributed by atoms with E-state index in [1.165, 1.54) is 0 Å². The van der Waals surface area contributed by atoms with E-state index in [2.05, 4.69) is 21.0 Å². The maximum Gasteiger partial charge on any atom is 0.219 e. The van der Waals surface area contributed by atoms with Crippen molar-refractivity contribution in [2.24, 2.45) is 0 Å². The van der Waals surface area contributed by atoms with Crippen LogP contribution in [0.15, 0.2) is 18.5 Å². The maximum atomic E-state index is 11.5. The number of hydrogen-bond acceptors (Lipinski definition) is 4. The minimum atomic E-state index is 0.139. The Balaban J connectivity index is 1.78. The van der Waals surface area contributed by atoms with E-state index < -0.39 is 0 Å². The van der Waals surface area contributed by atoms with Gasteiger partial charge in [-0.25, -0.2) is 9.50 Å². The molecule has 1 saturated heterocycles. The first-order valence-electron chi connectivity index (χ1n) is 7.35. The van der Waals surface area contributed by atoms with Gasteiger partial charge in [-0.15, -0.1) is 0 Å². The number of aromatic nitrogens is 3. The number of piperidine rings is 1. The number of anilines is 1. The Bertz CT molecular complexity index is 657. The van der Waals surface area contributed by atoms with Crippen LogP contribution in [0.5, 0.6) is 0 Å². The molecule has 0 spiro atoms. The minimum absolute atomic E-state index is 0.139. The molecule has 1 aliphatic heterocycles. The van der Waals surface area contributed by atoms with Crippen LogP contribution in [0.25, 0.3) is 5.52 Å². The summed E-state index contributed by atoms with van der Waals surface area (Å²) in [6.07, 6.45) is 5.63. The number of nitrogens with zero attached hydrogens (tertiary/aromatic N) is 5. The SMILES string of the molecule is CC(=O)N(C)C1CCN(c2nccn3nc(C)cc23)CC1. The Morgan fingerprint density at radius 1 is 1.38 bits per heavy atom. The van der Waals surface area contributed by atoms with Crippen molar-refractivity contribution in [3.05, 3.63) is 24.2 Å². The first-order chi connectivity index (χ1) is 10.1. The van der Waals surface area contributed by atoms with Gasteiger partial charge in [-0.1, -0.05) is 0 Å². The van der Waals surface area contributed by atoms with Crippen molar-refractivity contribution in [2.45, 2.75) is 32.7 Å². The lowest BCUT2D eigenvalue weighted by Crippen LogP contribution is -2.45. The fourth-order valence-corrected chi connectivity index (χ4v) is 3.00. The maximum absolute atomic E-state index is 11.5. The zero-order chi connectivity index (χ0) is 15.0. The second kappa shape index (κ2) is 5.35. The molecular weight excluding hydrogens is 266 g/mol. The zero-order valence-electron chi connectivity index (χ0n) is 12.8. The topological polar surface area (TPSA) is 53.7 Å². The highest BCUT2D eigenvalue weighted by Crippen LogP contribution is 2.24. The number of rotatable bonds is 2. The largest absolute Gasteiger partial charge is 0.355 e. The van der Waals surface area contributed by atoms with Gasteiger partial charge in [-0.3, -0.25) is 4.79 Å². The van der Waals surface area contributed by atoms with Gasteiger partial charge < -0.3 is 9.80 Å². The summed E-state index contributed by atoms with van der Waals surface area (Å²) in [6.45, 7) is 5.45. The van der Waals surface area contributed by atoms with Crippen molar-refractivity contribution >= 4 is 17.2 Å². The van der Waals surface area contributed by atoms with Gasteiger partial charge in [0.25, 0.3) is 0 Å². The number of carbonyl (C=O) groups is 1. The van der Waals surface area contributed by atoms with E-state index >= 15 is 0 Å². The molecule has 0 unspecified atom stereocenters. The van der Waals surface area contributed by atoms with Gasteiger partial charge in [-0.2, -0.15) is 5.10 Å². The molecule has 21 heavy (non-hydrogen) atoms. The summed E-state index contributed by atoms with van der Waals surface area (Å²) in [5.41, 5.74) is 2.05. The first-order valence-corrected chi connectivity index (χ1v) is 7.35. The van der Waals surface area contributed by atoms with Gasteiger partial charge in [0.2, 0.25) is 5.91 Å². The van der Waals surface area contributed by atoms with Crippen LogP contribution in [0.4, 0.5) is 5.82 Å². The van der Waals surface area contributed by atoms with Crippen LogP contribution >= 0.6 is 0 Å². The van der Waals surface area contributed by atoms with Crippen molar-refractivity contribution < 1.29 is 4.79 Å². The fourth-order valence-electron chi connectivity index (χ4n) is 3.00. The molecule has 2 aromatic heterocycles. The van der Waals surface area contributed by atoms with Gasteiger partial charge in [0, 0.05) is 45.5 Å². The molecule has 1 fully saturated rings. The number of carbonyl (C=O) groups excluding carboxylic acids is 1. The van der Waals surface area contributed by atoms with E-state index in [0.29, 0.717) is 6.04 Å². The molecule has 6 nitrogen and oxygen atoms in total. The predicted molar refractivity (Wildman–Crippen MR) is 81.4 cm³/mol. The molecule has 2 aromatic rings. The Labute approximate surface area is 124 Å². The van der Waals surface area contributed by atoms with Crippen LogP contribution in [0.3, 0.4) is 0 Å². The highest BCUT2D eigenvalue weighted by molar-refractivity contribution is 5.73. The smallest absolute Gasteiger partial charge is 0.219 e. The summed E-state index contributed by atoms with van der Waals surface area (Å²) in [5, 5.41) is 4.43. The summed E-state index contributed by atoms with van der Waals surface area (Å²) in [4.78, 5) is 20.1. The van der Waals surface area contributed by atoms with Crippen molar-refractivity contribution in [3.63, 3.8) is 0 Å². The van der Waals surface area contributed by atoms with Crippen molar-refractivity contribution in [1.29, 1.82) is 0 Å². The minimum Gasteiger partial charge on any atom is -0.355 e. The number of fused-ring (bicyclic) bond motifs is 1. The van der Waals surface area contributed by atoms with Crippen LogP contribution in [0, 0.1) is 6.92 Å². The molecule has 6 heteroatoms. The lowest BCUT2D eigenvalue weighted by molar-refractivity contribution is -0.129. The fraction of sp³-hybridized carbons (Fsp3) is 0.533. The summed E-state index contributed by atoms with van der Waals surface area (Å²) >= 11 is 0. The molecule has 0 radical (unpaired) electrons. The van der Waals surface area contributed by atoms with Crippen LogP contribution in [0.1, 0.15) is 25.5 Å². The average molecular weight is 287 g/mol. The molecule has 3 rings (SSSR count). The second-order valence-electron chi connectivity index (χ2n) is 5.71. The monoisotopic (exact) mass is 287 g/mol. The van der Waals surface area contributed by atoms with Crippen LogP contribution < -0.4 is 4.90 Å². The number of hydrogen-bond donors (Lipinski definition) is 0. The van der Waals surface area contributed by atoms with E-state index in [0.717, 1.165) is 43.0 Å². The second-order valence-corrected chi connectivity index (χ2v) is 5.71. The van der Waals surface area contributed by atoms with Crippen LogP contribution in [-0.4, -0.2) is 51.6 Å². The van der Waals surface area contributed by atoms with E-state index in [1.807, 2.05) is 29.6 Å². The Kier molecular flexibility index (Phi) is 3.53. The highest BCUT2D eigenvalue weighted by atomic mass is 16.2. The quantitative estimate of drug-likeness (QED) is 0.839. The van der Waals surface area contributed by atoms with Gasteiger partial charge in [0.1, 0.15) is 5.52 Å². The third kappa shape index (κ3) is 2.57. The molecule has 3 heterocycles. The summed E-state index contributed by atoms with van der Waals surface area (Å²) in [5.74, 6) is 1.13. The Hall–Kier alpha value is -2.11. The summed E-state index contributed by atoms with van der Waals surface area (Å²) < 4.78 is 1.88. The third-order valence-electron chi connectivity index (χ3n) is 4.30. The van der Waals surface area contributed by atoms with Crippen molar-refractivity contribution in [3.8, 4) is 0 Å². The molecule has 0 bridgehead atoms. The lowest BCUT2D eigenvalue weighted by Gasteiger charge is -2.37. The van der Waals surface area contributed by atoms with E-state index in [9.17, 15) is 4.79 Å². The molecule has 1 aliphatic rings. The molecule has 0 aromatic carbocycles. The van der Waals surface area contributed by atoms with Gasteiger partial charge >= 0.3 is 0 Å². The normalized spacial score (nSPS) is 16.4. The zero-order valence-corrected chi connectivity index (χ0v) is 12.8. The first kappa shape index (κ1) is 13.9. The number of amides is 1. The molecule has 0 saturated carbocycles. The van der Waals surface area contributed by atoms with Gasteiger partial charge in [0.15, 0.2) is 5.82 Å². The molecule has 1 amide bonds. The highest BCUT2D eigenvalue weighted by Gasteiger charge is 2.25. The predicted octanol–water partition coefficient (Wildman–Crippen LogP) is 1.48. The third-order valence-corrected chi connectivity index (χ3v) is 4.30. The Morgan fingerprint density at radius 3 is 2.76 bits per heavy atom. The van der Waals surface area contributed by atoms with E-state index in [4.69, 9.17) is 0 Å². The van der Waals surface area contributed by atoms with E-state index in [-0.39, 0.29) is 5.91 Å². The molecular formula is C15H21N5O. The lowest BCUT2D eigenvalue weighted by atomic mass is 10.0. The number of aryl methyl sites for hydroxylation is 1. The summed E-state index contributed by atoms with van der Waals surface area (Å²) in [7, 11) is 1.89. The molecule has 0 N–H and O–H groups in total. The molecule has 0 aliphatic carbocycles. The summed E-state index contributed by atoms with van der Waals surface area (Å²) in [6, 6.07) is 2.40. The van der Waals surface area contributed by atoms with Crippen LogP contribution in [-0.2, 0) is 4.79 Å².